The van der Waals surface area contributed by atoms with Gasteiger partial charge in [-0.05, 0) is 72.9 Å². The van der Waals surface area contributed by atoms with Gasteiger partial charge >= 0.3 is 0 Å². The van der Waals surface area contributed by atoms with E-state index in [1.54, 1.807) is 18.2 Å². The van der Waals surface area contributed by atoms with Crippen LogP contribution in [-0.2, 0) is 0 Å². The quantitative estimate of drug-likeness (QED) is 0.368. The van der Waals surface area contributed by atoms with Crippen molar-refractivity contribution in [2.45, 2.75) is 37.8 Å². The van der Waals surface area contributed by atoms with Crippen LogP contribution in [0.25, 0.3) is 16.6 Å². The molecule has 0 radical (unpaired) electrons. The van der Waals surface area contributed by atoms with Crippen LogP contribution in [0.2, 0.25) is 0 Å². The summed E-state index contributed by atoms with van der Waals surface area (Å²) in [5.74, 6) is -1.36. The lowest BCUT2D eigenvalue weighted by atomic mass is 9.76. The SMILES string of the molecule is CC[C@@H]1CC(O)C(Nc2cccc3c2ccn3-c2ccc(F)cc2)c2ccc(F)c(O)c21. The summed E-state index contributed by atoms with van der Waals surface area (Å²) in [5, 5.41) is 25.7. The molecule has 0 saturated carbocycles. The number of nitrogens with zero attached hydrogens (tertiary/aromatic N) is 1. The number of rotatable bonds is 4. The van der Waals surface area contributed by atoms with Crippen LogP contribution in [0.4, 0.5) is 14.5 Å². The first-order chi connectivity index (χ1) is 15.5. The predicted octanol–water partition coefficient (Wildman–Crippen LogP) is 6.03. The summed E-state index contributed by atoms with van der Waals surface area (Å²) in [5.41, 5.74) is 3.88. The monoisotopic (exact) mass is 434 g/mol. The first-order valence-electron chi connectivity index (χ1n) is 10.8. The zero-order valence-electron chi connectivity index (χ0n) is 17.6. The molecule has 1 heterocycles. The summed E-state index contributed by atoms with van der Waals surface area (Å²) >= 11 is 0. The number of aliphatic hydroxyl groups is 1. The van der Waals surface area contributed by atoms with Crippen LogP contribution >= 0.6 is 0 Å². The fraction of sp³-hybridized carbons (Fsp3) is 0.231. The van der Waals surface area contributed by atoms with Crippen LogP contribution in [0.5, 0.6) is 5.75 Å². The Balaban J connectivity index is 1.56. The molecule has 0 amide bonds. The molecule has 0 saturated heterocycles. The number of hydrogen-bond acceptors (Lipinski definition) is 3. The summed E-state index contributed by atoms with van der Waals surface area (Å²) in [6.45, 7) is 1.97. The Morgan fingerprint density at radius 2 is 1.81 bits per heavy atom. The van der Waals surface area contributed by atoms with Crippen LogP contribution in [-0.4, -0.2) is 20.9 Å². The Labute approximate surface area is 184 Å². The maximum Gasteiger partial charge on any atom is 0.165 e. The summed E-state index contributed by atoms with van der Waals surface area (Å²) in [4.78, 5) is 0. The van der Waals surface area contributed by atoms with Gasteiger partial charge in [0.05, 0.1) is 17.7 Å². The minimum absolute atomic E-state index is 0.107. The molecule has 3 atom stereocenters. The molecule has 5 rings (SSSR count). The first-order valence-corrected chi connectivity index (χ1v) is 10.8. The molecule has 1 aliphatic rings. The lowest BCUT2D eigenvalue weighted by Crippen LogP contribution is -2.33. The molecule has 164 valence electrons. The molecule has 3 aromatic carbocycles. The lowest BCUT2D eigenvalue weighted by Gasteiger charge is -2.36. The maximum atomic E-state index is 14.1. The second kappa shape index (κ2) is 7.95. The highest BCUT2D eigenvalue weighted by Gasteiger charge is 2.36. The Bertz CT molecular complexity index is 1280. The molecule has 0 bridgehead atoms. The van der Waals surface area contributed by atoms with E-state index in [0.717, 1.165) is 22.3 Å². The minimum atomic E-state index is -0.688. The van der Waals surface area contributed by atoms with Gasteiger partial charge in [-0.25, -0.2) is 8.78 Å². The standard InChI is InChI=1S/C26H24F2N2O2/c1-2-15-14-23(31)25(19-10-11-20(28)26(32)24(15)19)29-21-4-3-5-22-18(21)12-13-30(22)17-8-6-16(27)7-9-17/h3-13,15,23,25,29,31-32H,2,14H2,1H3/t15-,23?,25?/m1/s1. The third-order valence-electron chi connectivity index (χ3n) is 6.50. The number of anilines is 1. The summed E-state index contributed by atoms with van der Waals surface area (Å²) in [7, 11) is 0. The number of nitrogens with one attached hydrogen (secondary N) is 1. The molecule has 2 unspecified atom stereocenters. The smallest absolute Gasteiger partial charge is 0.165 e. The van der Waals surface area contributed by atoms with Gasteiger partial charge in [0.1, 0.15) is 5.82 Å². The van der Waals surface area contributed by atoms with Crippen molar-refractivity contribution < 1.29 is 19.0 Å². The first kappa shape index (κ1) is 20.5. The minimum Gasteiger partial charge on any atom is -0.505 e. The van der Waals surface area contributed by atoms with Gasteiger partial charge in [-0.15, -0.1) is 0 Å². The van der Waals surface area contributed by atoms with Gasteiger partial charge in [0.25, 0.3) is 0 Å². The van der Waals surface area contributed by atoms with Crippen LogP contribution in [0, 0.1) is 11.6 Å². The van der Waals surface area contributed by atoms with E-state index in [4.69, 9.17) is 0 Å². The Morgan fingerprint density at radius 3 is 2.56 bits per heavy atom. The van der Waals surface area contributed by atoms with Crippen molar-refractivity contribution in [3.05, 3.63) is 89.6 Å². The Hall–Kier alpha value is -3.38. The Morgan fingerprint density at radius 1 is 1.03 bits per heavy atom. The number of aliphatic hydroxyl groups excluding tert-OH is 1. The molecule has 6 heteroatoms. The fourth-order valence-electron chi connectivity index (χ4n) is 4.88. The number of halogens is 2. The molecule has 32 heavy (non-hydrogen) atoms. The highest BCUT2D eigenvalue weighted by molar-refractivity contribution is 5.93. The number of aromatic nitrogens is 1. The second-order valence-electron chi connectivity index (χ2n) is 8.33. The third-order valence-corrected chi connectivity index (χ3v) is 6.50. The van der Waals surface area contributed by atoms with Gasteiger partial charge in [-0.3, -0.25) is 0 Å². The van der Waals surface area contributed by atoms with E-state index in [0.29, 0.717) is 24.0 Å². The molecule has 0 spiro atoms. The van der Waals surface area contributed by atoms with E-state index in [1.165, 1.54) is 18.2 Å². The van der Waals surface area contributed by atoms with E-state index in [9.17, 15) is 19.0 Å². The van der Waals surface area contributed by atoms with Gasteiger partial charge < -0.3 is 20.1 Å². The largest absolute Gasteiger partial charge is 0.505 e. The second-order valence-corrected chi connectivity index (χ2v) is 8.33. The lowest BCUT2D eigenvalue weighted by molar-refractivity contribution is 0.122. The van der Waals surface area contributed by atoms with Gasteiger partial charge in [0.15, 0.2) is 11.6 Å². The average Bonchev–Trinajstić information content (AvgIpc) is 3.23. The fourth-order valence-corrected chi connectivity index (χ4v) is 4.88. The van der Waals surface area contributed by atoms with Crippen LogP contribution < -0.4 is 5.32 Å². The summed E-state index contributed by atoms with van der Waals surface area (Å²) in [6.07, 6.45) is 2.36. The molecule has 1 aromatic heterocycles. The zero-order valence-corrected chi connectivity index (χ0v) is 17.6. The normalized spacial score (nSPS) is 20.3. The number of hydrogen-bond donors (Lipinski definition) is 3. The van der Waals surface area contributed by atoms with E-state index in [1.807, 2.05) is 42.0 Å². The van der Waals surface area contributed by atoms with Crippen molar-refractivity contribution in [1.82, 2.24) is 4.57 Å². The van der Waals surface area contributed by atoms with Gasteiger partial charge in [0.2, 0.25) is 0 Å². The van der Waals surface area contributed by atoms with E-state index in [2.05, 4.69) is 5.32 Å². The summed E-state index contributed by atoms with van der Waals surface area (Å²) < 4.78 is 29.4. The van der Waals surface area contributed by atoms with Gasteiger partial charge in [-0.1, -0.05) is 19.1 Å². The van der Waals surface area contributed by atoms with Crippen LogP contribution in [0.1, 0.15) is 42.9 Å². The van der Waals surface area contributed by atoms with Crippen molar-refractivity contribution in [3.8, 4) is 11.4 Å². The number of fused-ring (bicyclic) bond motifs is 2. The topological polar surface area (TPSA) is 57.4 Å². The number of phenolic OH excluding ortho intramolecular Hbond substituents is 1. The van der Waals surface area contributed by atoms with Crippen LogP contribution in [0.3, 0.4) is 0 Å². The van der Waals surface area contributed by atoms with E-state index >= 15 is 0 Å². The van der Waals surface area contributed by atoms with Crippen molar-refractivity contribution in [2.75, 3.05) is 5.32 Å². The summed E-state index contributed by atoms with van der Waals surface area (Å²) in [6, 6.07) is 16.5. The van der Waals surface area contributed by atoms with Crippen molar-refractivity contribution >= 4 is 16.6 Å². The Kier molecular flexibility index (Phi) is 5.10. The number of benzene rings is 3. The van der Waals surface area contributed by atoms with Crippen molar-refractivity contribution in [3.63, 3.8) is 0 Å². The molecule has 0 aliphatic heterocycles. The van der Waals surface area contributed by atoms with E-state index in [-0.39, 0.29) is 17.5 Å². The molecule has 0 fully saturated rings. The van der Waals surface area contributed by atoms with Gasteiger partial charge in [0, 0.05) is 28.5 Å². The average molecular weight is 434 g/mol. The van der Waals surface area contributed by atoms with Crippen LogP contribution in [0.15, 0.2) is 66.9 Å². The zero-order chi connectivity index (χ0) is 22.4. The molecule has 1 aliphatic carbocycles. The third kappa shape index (κ3) is 3.31. The van der Waals surface area contributed by atoms with E-state index < -0.39 is 18.0 Å². The molecular formula is C26H24F2N2O2. The molecule has 4 nitrogen and oxygen atoms in total. The van der Waals surface area contributed by atoms with Crippen molar-refractivity contribution in [2.24, 2.45) is 0 Å². The highest BCUT2D eigenvalue weighted by atomic mass is 19.1. The highest BCUT2D eigenvalue weighted by Crippen LogP contribution is 2.46. The molecular weight excluding hydrogens is 410 g/mol. The van der Waals surface area contributed by atoms with Crippen molar-refractivity contribution in [1.29, 1.82) is 0 Å². The predicted molar refractivity (Wildman–Crippen MR) is 121 cm³/mol. The number of phenols is 1. The maximum absolute atomic E-state index is 14.1. The molecule has 3 N–H and O–H groups in total. The molecule has 4 aromatic rings. The number of aromatic hydroxyl groups is 1. The van der Waals surface area contributed by atoms with Gasteiger partial charge in [-0.2, -0.15) is 0 Å².